The van der Waals surface area contributed by atoms with E-state index < -0.39 is 12.1 Å². The quantitative estimate of drug-likeness (QED) is 0.819. The van der Waals surface area contributed by atoms with Crippen molar-refractivity contribution in [1.82, 2.24) is 0 Å². The number of ether oxygens (including phenoxy) is 1. The van der Waals surface area contributed by atoms with Crippen molar-refractivity contribution in [1.29, 1.82) is 0 Å². The first-order valence-corrected chi connectivity index (χ1v) is 5.32. The molecule has 2 N–H and O–H groups in total. The molecular formula is C12H15NO4. The molecule has 0 aliphatic rings. The van der Waals surface area contributed by atoms with Gasteiger partial charge in [0.05, 0.1) is 0 Å². The summed E-state index contributed by atoms with van der Waals surface area (Å²) in [5.41, 5.74) is 0.659. The first kappa shape index (κ1) is 13.0. The number of carboxylic acids is 1. The van der Waals surface area contributed by atoms with E-state index in [-0.39, 0.29) is 5.91 Å². The fourth-order valence-electron chi connectivity index (χ4n) is 1.12. The van der Waals surface area contributed by atoms with Gasteiger partial charge in [-0.25, -0.2) is 4.79 Å². The molecule has 5 heteroatoms. The van der Waals surface area contributed by atoms with Crippen molar-refractivity contribution in [3.8, 4) is 5.75 Å². The molecule has 0 spiro atoms. The number of amides is 1. The van der Waals surface area contributed by atoms with Gasteiger partial charge in [0, 0.05) is 12.1 Å². The average molecular weight is 237 g/mol. The molecule has 0 heterocycles. The van der Waals surface area contributed by atoms with Gasteiger partial charge in [0.25, 0.3) is 0 Å². The highest BCUT2D eigenvalue weighted by molar-refractivity contribution is 5.90. The number of anilines is 1. The van der Waals surface area contributed by atoms with E-state index in [1.807, 2.05) is 0 Å². The van der Waals surface area contributed by atoms with Crippen LogP contribution >= 0.6 is 0 Å². The molecule has 0 saturated heterocycles. The predicted octanol–water partition coefficient (Wildman–Crippen LogP) is 1.89. The third kappa shape index (κ3) is 4.14. The minimum Gasteiger partial charge on any atom is -0.479 e. The molecule has 1 amide bonds. The van der Waals surface area contributed by atoms with Crippen LogP contribution in [0.4, 0.5) is 5.69 Å². The Morgan fingerprint density at radius 1 is 1.35 bits per heavy atom. The zero-order valence-corrected chi connectivity index (χ0v) is 9.77. The Kier molecular flexibility index (Phi) is 4.51. The van der Waals surface area contributed by atoms with Gasteiger partial charge in [-0.1, -0.05) is 6.92 Å². The number of benzene rings is 1. The summed E-state index contributed by atoms with van der Waals surface area (Å²) in [6.07, 6.45) is -0.486. The molecule has 92 valence electrons. The molecule has 5 nitrogen and oxygen atoms in total. The van der Waals surface area contributed by atoms with E-state index in [9.17, 15) is 9.59 Å². The second-order valence-corrected chi connectivity index (χ2v) is 3.52. The van der Waals surface area contributed by atoms with Crippen LogP contribution in [0.1, 0.15) is 20.3 Å². The highest BCUT2D eigenvalue weighted by Gasteiger charge is 2.12. The molecule has 0 saturated carbocycles. The fourth-order valence-corrected chi connectivity index (χ4v) is 1.12. The maximum atomic E-state index is 11.1. The number of hydrogen-bond donors (Lipinski definition) is 2. The summed E-state index contributed by atoms with van der Waals surface area (Å²) in [6.45, 7) is 3.22. The Balaban J connectivity index is 2.62. The smallest absolute Gasteiger partial charge is 0.344 e. The number of carbonyl (C=O) groups is 2. The van der Waals surface area contributed by atoms with Gasteiger partial charge >= 0.3 is 5.97 Å². The summed E-state index contributed by atoms with van der Waals surface area (Å²) < 4.78 is 5.15. The molecule has 17 heavy (non-hydrogen) atoms. The van der Waals surface area contributed by atoms with Crippen LogP contribution in [0.2, 0.25) is 0 Å². The van der Waals surface area contributed by atoms with Gasteiger partial charge < -0.3 is 15.2 Å². The van der Waals surface area contributed by atoms with Crippen LogP contribution in [0, 0.1) is 0 Å². The van der Waals surface area contributed by atoms with E-state index in [2.05, 4.69) is 5.32 Å². The monoisotopic (exact) mass is 237 g/mol. The zero-order chi connectivity index (χ0) is 12.8. The molecule has 0 fully saturated rings. The topological polar surface area (TPSA) is 75.6 Å². The lowest BCUT2D eigenvalue weighted by Gasteiger charge is -2.10. The van der Waals surface area contributed by atoms with Crippen LogP contribution in [0.3, 0.4) is 0 Å². The lowest BCUT2D eigenvalue weighted by molar-refractivity contribution is -0.144. The largest absolute Gasteiger partial charge is 0.479 e. The molecule has 1 unspecified atom stereocenters. The van der Waals surface area contributed by atoms with Crippen molar-refractivity contribution in [2.75, 3.05) is 5.32 Å². The first-order chi connectivity index (χ1) is 8.02. The lowest BCUT2D eigenvalue weighted by Crippen LogP contribution is -2.22. The Hall–Kier alpha value is -2.04. The molecule has 0 radical (unpaired) electrons. The van der Waals surface area contributed by atoms with Crippen molar-refractivity contribution >= 4 is 17.6 Å². The van der Waals surface area contributed by atoms with E-state index >= 15 is 0 Å². The van der Waals surface area contributed by atoms with E-state index in [4.69, 9.17) is 9.84 Å². The van der Waals surface area contributed by atoms with Crippen molar-refractivity contribution in [3.05, 3.63) is 24.3 Å². The molecule has 0 aliphatic carbocycles. The lowest BCUT2D eigenvalue weighted by atomic mass is 10.3. The second-order valence-electron chi connectivity index (χ2n) is 3.52. The molecule has 0 bridgehead atoms. The Morgan fingerprint density at radius 2 is 1.94 bits per heavy atom. The fraction of sp³-hybridized carbons (Fsp3) is 0.333. The second kappa shape index (κ2) is 5.89. The maximum Gasteiger partial charge on any atom is 0.344 e. The molecule has 1 rings (SSSR count). The van der Waals surface area contributed by atoms with Crippen LogP contribution in [0.25, 0.3) is 0 Å². The third-order valence-corrected chi connectivity index (χ3v) is 2.12. The van der Waals surface area contributed by atoms with Crippen LogP contribution < -0.4 is 10.1 Å². The predicted molar refractivity (Wildman–Crippen MR) is 63.1 cm³/mol. The zero-order valence-electron chi connectivity index (χ0n) is 9.77. The summed E-state index contributed by atoms with van der Waals surface area (Å²) in [6, 6.07) is 6.56. The van der Waals surface area contributed by atoms with Gasteiger partial charge in [0.2, 0.25) is 5.91 Å². The number of rotatable bonds is 5. The van der Waals surface area contributed by atoms with Gasteiger partial charge in [-0.2, -0.15) is 0 Å². The molecule has 1 aromatic carbocycles. The highest BCUT2D eigenvalue weighted by atomic mass is 16.5. The highest BCUT2D eigenvalue weighted by Crippen LogP contribution is 2.17. The van der Waals surface area contributed by atoms with Crippen molar-refractivity contribution in [2.45, 2.75) is 26.4 Å². The number of carboxylic acid groups (broad SMARTS) is 1. The number of hydrogen-bond acceptors (Lipinski definition) is 3. The van der Waals surface area contributed by atoms with Crippen molar-refractivity contribution in [2.24, 2.45) is 0 Å². The number of aliphatic carboxylic acids is 1. The van der Waals surface area contributed by atoms with E-state index in [0.717, 1.165) is 0 Å². The van der Waals surface area contributed by atoms with E-state index in [0.29, 0.717) is 17.9 Å². The molecule has 1 atom stereocenters. The van der Waals surface area contributed by atoms with Crippen molar-refractivity contribution < 1.29 is 19.4 Å². The van der Waals surface area contributed by atoms with Crippen molar-refractivity contribution in [3.63, 3.8) is 0 Å². The summed E-state index contributed by atoms with van der Waals surface area (Å²) in [5.74, 6) is -0.639. The summed E-state index contributed by atoms with van der Waals surface area (Å²) in [4.78, 5) is 21.7. The number of carbonyl (C=O) groups excluding carboxylic acids is 1. The summed E-state index contributed by atoms with van der Waals surface area (Å²) in [5, 5.41) is 11.4. The third-order valence-electron chi connectivity index (χ3n) is 2.12. The van der Waals surface area contributed by atoms with Gasteiger partial charge in [0.15, 0.2) is 6.10 Å². The number of nitrogens with one attached hydrogen (secondary N) is 1. The normalized spacial score (nSPS) is 11.6. The molecular weight excluding hydrogens is 222 g/mol. The summed E-state index contributed by atoms with van der Waals surface area (Å²) >= 11 is 0. The van der Waals surface area contributed by atoms with Gasteiger partial charge in [0.1, 0.15) is 5.75 Å². The first-order valence-electron chi connectivity index (χ1n) is 5.32. The molecule has 0 aromatic heterocycles. The van der Waals surface area contributed by atoms with Gasteiger partial charge in [-0.15, -0.1) is 0 Å². The van der Waals surface area contributed by atoms with E-state index in [1.165, 1.54) is 6.92 Å². The van der Waals surface area contributed by atoms with Crippen LogP contribution in [0.5, 0.6) is 5.75 Å². The Labute approximate surface area is 99.4 Å². The Bertz CT molecular complexity index is 399. The molecule has 0 aliphatic heterocycles. The van der Waals surface area contributed by atoms with Gasteiger partial charge in [-0.3, -0.25) is 4.79 Å². The average Bonchev–Trinajstić information content (AvgIpc) is 2.31. The minimum absolute atomic E-state index is 0.0717. The maximum absolute atomic E-state index is 11.1. The Morgan fingerprint density at radius 3 is 2.41 bits per heavy atom. The molecule has 1 aromatic rings. The summed E-state index contributed by atoms with van der Waals surface area (Å²) in [7, 11) is 0. The van der Waals surface area contributed by atoms with Crippen LogP contribution in [-0.4, -0.2) is 23.1 Å². The minimum atomic E-state index is -1.02. The standard InChI is InChI=1S/C12H15NO4/c1-3-11(14)13-9-4-6-10(7-5-9)17-8(2)12(15)16/h4-8H,3H2,1-2H3,(H,13,14)(H,15,16). The SMILES string of the molecule is CCC(=O)Nc1ccc(OC(C)C(=O)O)cc1. The van der Waals surface area contributed by atoms with Gasteiger partial charge in [-0.05, 0) is 31.2 Å². The van der Waals surface area contributed by atoms with Crippen LogP contribution in [-0.2, 0) is 9.59 Å². The van der Waals surface area contributed by atoms with E-state index in [1.54, 1.807) is 31.2 Å². The van der Waals surface area contributed by atoms with Crippen LogP contribution in [0.15, 0.2) is 24.3 Å².